The number of amides is 1. The normalized spacial score (nSPS) is 16.6. The molecule has 1 aliphatic heterocycles. The Hall–Kier alpha value is -1.19. The molecule has 0 saturated carbocycles. The number of aromatic nitrogens is 1. The van der Waals surface area contributed by atoms with E-state index in [-0.39, 0.29) is 5.91 Å². The van der Waals surface area contributed by atoms with E-state index in [0.717, 1.165) is 41.9 Å². The van der Waals surface area contributed by atoms with Crippen molar-refractivity contribution in [3.05, 3.63) is 35.0 Å². The van der Waals surface area contributed by atoms with Gasteiger partial charge in [-0.3, -0.25) is 4.79 Å². The summed E-state index contributed by atoms with van der Waals surface area (Å²) in [4.78, 5) is 17.2. The van der Waals surface area contributed by atoms with E-state index < -0.39 is 0 Å². The number of H-pyrrole nitrogens is 1. The first-order valence-electron chi connectivity index (χ1n) is 7.29. The van der Waals surface area contributed by atoms with E-state index in [1.165, 1.54) is 5.69 Å². The fourth-order valence-electron chi connectivity index (χ4n) is 3.02. The highest BCUT2D eigenvalue weighted by atomic mass is 35.5. The highest BCUT2D eigenvalue weighted by Gasteiger charge is 2.24. The molecular formula is C16H18Cl2N2O. The Labute approximate surface area is 134 Å². The Morgan fingerprint density at radius 3 is 2.76 bits per heavy atom. The molecule has 21 heavy (non-hydrogen) atoms. The number of rotatable bonds is 3. The zero-order valence-corrected chi connectivity index (χ0v) is 13.3. The third-order valence-corrected chi connectivity index (χ3v) is 4.62. The van der Waals surface area contributed by atoms with Crippen molar-refractivity contribution in [1.29, 1.82) is 0 Å². The SMILES string of the molecule is O=C(CCCl)N1CCC(c2cc3cc(Cl)ccc3[nH]2)CC1. The highest BCUT2D eigenvalue weighted by molar-refractivity contribution is 6.31. The fourth-order valence-corrected chi connectivity index (χ4v) is 3.37. The quantitative estimate of drug-likeness (QED) is 0.845. The Bertz CT molecular complexity index is 645. The second kappa shape index (κ2) is 6.29. The average molecular weight is 325 g/mol. The Morgan fingerprint density at radius 2 is 2.05 bits per heavy atom. The molecule has 1 amide bonds. The van der Waals surface area contributed by atoms with Crippen LogP contribution in [0, 0.1) is 0 Å². The monoisotopic (exact) mass is 324 g/mol. The summed E-state index contributed by atoms with van der Waals surface area (Å²) < 4.78 is 0. The lowest BCUT2D eigenvalue weighted by molar-refractivity contribution is -0.131. The number of hydrogen-bond acceptors (Lipinski definition) is 1. The van der Waals surface area contributed by atoms with Gasteiger partial charge in [-0.1, -0.05) is 11.6 Å². The van der Waals surface area contributed by atoms with Crippen LogP contribution < -0.4 is 0 Å². The van der Waals surface area contributed by atoms with Gasteiger partial charge in [0.25, 0.3) is 0 Å². The largest absolute Gasteiger partial charge is 0.358 e. The summed E-state index contributed by atoms with van der Waals surface area (Å²) >= 11 is 11.7. The maximum absolute atomic E-state index is 11.8. The number of piperidine rings is 1. The summed E-state index contributed by atoms with van der Waals surface area (Å²) in [6.07, 6.45) is 2.43. The van der Waals surface area contributed by atoms with Gasteiger partial charge < -0.3 is 9.88 Å². The molecule has 0 spiro atoms. The van der Waals surface area contributed by atoms with Crippen molar-refractivity contribution in [3.8, 4) is 0 Å². The summed E-state index contributed by atoms with van der Waals surface area (Å²) in [5.74, 6) is 1.06. The van der Waals surface area contributed by atoms with E-state index in [9.17, 15) is 4.79 Å². The summed E-state index contributed by atoms with van der Waals surface area (Å²) in [5.41, 5.74) is 2.37. The smallest absolute Gasteiger partial charge is 0.223 e. The van der Waals surface area contributed by atoms with Crippen LogP contribution in [0.2, 0.25) is 5.02 Å². The van der Waals surface area contributed by atoms with Crippen LogP contribution in [0.3, 0.4) is 0 Å². The molecule has 0 bridgehead atoms. The third kappa shape index (κ3) is 3.19. The molecule has 1 saturated heterocycles. The fraction of sp³-hybridized carbons (Fsp3) is 0.438. The highest BCUT2D eigenvalue weighted by Crippen LogP contribution is 2.31. The lowest BCUT2D eigenvalue weighted by Gasteiger charge is -2.31. The lowest BCUT2D eigenvalue weighted by Crippen LogP contribution is -2.38. The van der Waals surface area contributed by atoms with Gasteiger partial charge in [0.2, 0.25) is 5.91 Å². The molecular weight excluding hydrogens is 307 g/mol. The van der Waals surface area contributed by atoms with E-state index in [1.807, 2.05) is 23.1 Å². The van der Waals surface area contributed by atoms with E-state index in [2.05, 4.69) is 11.1 Å². The van der Waals surface area contributed by atoms with Crippen molar-refractivity contribution >= 4 is 40.0 Å². The summed E-state index contributed by atoms with van der Waals surface area (Å²) in [5, 5.41) is 1.91. The summed E-state index contributed by atoms with van der Waals surface area (Å²) in [6, 6.07) is 8.08. The Balaban J connectivity index is 1.69. The number of alkyl halides is 1. The van der Waals surface area contributed by atoms with E-state index in [0.29, 0.717) is 18.2 Å². The Kier molecular flexibility index (Phi) is 4.41. The molecule has 3 nitrogen and oxygen atoms in total. The third-order valence-electron chi connectivity index (χ3n) is 4.20. The van der Waals surface area contributed by atoms with Crippen LogP contribution in [-0.4, -0.2) is 34.8 Å². The van der Waals surface area contributed by atoms with E-state index in [1.54, 1.807) is 0 Å². The number of fused-ring (bicyclic) bond motifs is 1. The predicted molar refractivity (Wildman–Crippen MR) is 87.2 cm³/mol. The predicted octanol–water partition coefficient (Wildman–Crippen LogP) is 4.16. The van der Waals surface area contributed by atoms with E-state index in [4.69, 9.17) is 23.2 Å². The zero-order chi connectivity index (χ0) is 14.8. The molecule has 1 aromatic carbocycles. The zero-order valence-electron chi connectivity index (χ0n) is 11.7. The first kappa shape index (κ1) is 14.7. The van der Waals surface area contributed by atoms with Gasteiger partial charge in [-0.15, -0.1) is 11.6 Å². The molecule has 2 heterocycles. The van der Waals surface area contributed by atoms with Gasteiger partial charge in [0, 0.05) is 52.9 Å². The first-order chi connectivity index (χ1) is 10.2. The molecule has 1 aromatic heterocycles. The van der Waals surface area contributed by atoms with Gasteiger partial charge in [-0.25, -0.2) is 0 Å². The minimum Gasteiger partial charge on any atom is -0.358 e. The molecule has 1 fully saturated rings. The van der Waals surface area contributed by atoms with Gasteiger partial charge in [0.1, 0.15) is 0 Å². The number of carbonyl (C=O) groups excluding carboxylic acids is 1. The van der Waals surface area contributed by atoms with E-state index >= 15 is 0 Å². The van der Waals surface area contributed by atoms with Gasteiger partial charge in [-0.05, 0) is 37.1 Å². The van der Waals surface area contributed by atoms with Gasteiger partial charge in [0.15, 0.2) is 0 Å². The second-order valence-corrected chi connectivity index (χ2v) is 6.36. The van der Waals surface area contributed by atoms with Crippen molar-refractivity contribution in [3.63, 3.8) is 0 Å². The van der Waals surface area contributed by atoms with Crippen molar-refractivity contribution in [2.75, 3.05) is 19.0 Å². The summed E-state index contributed by atoms with van der Waals surface area (Å²) in [6.45, 7) is 1.63. The van der Waals surface area contributed by atoms with Crippen LogP contribution in [-0.2, 0) is 4.79 Å². The minimum absolute atomic E-state index is 0.173. The number of carbonyl (C=O) groups is 1. The molecule has 0 unspecified atom stereocenters. The number of benzene rings is 1. The van der Waals surface area contributed by atoms with Crippen LogP contribution in [0.15, 0.2) is 24.3 Å². The van der Waals surface area contributed by atoms with Gasteiger partial charge in [-0.2, -0.15) is 0 Å². The minimum atomic E-state index is 0.173. The van der Waals surface area contributed by atoms with Crippen molar-refractivity contribution in [1.82, 2.24) is 9.88 Å². The topological polar surface area (TPSA) is 36.1 Å². The maximum atomic E-state index is 11.8. The lowest BCUT2D eigenvalue weighted by atomic mass is 9.93. The summed E-state index contributed by atoms with van der Waals surface area (Å²) in [7, 11) is 0. The molecule has 2 aromatic rings. The Morgan fingerprint density at radius 1 is 1.29 bits per heavy atom. The van der Waals surface area contributed by atoms with Gasteiger partial charge in [0.05, 0.1) is 0 Å². The van der Waals surface area contributed by atoms with Crippen molar-refractivity contribution < 1.29 is 4.79 Å². The van der Waals surface area contributed by atoms with Crippen molar-refractivity contribution in [2.45, 2.75) is 25.2 Å². The van der Waals surface area contributed by atoms with Gasteiger partial charge >= 0.3 is 0 Å². The molecule has 0 radical (unpaired) electrons. The molecule has 5 heteroatoms. The van der Waals surface area contributed by atoms with Crippen LogP contribution in [0.1, 0.15) is 30.9 Å². The number of nitrogens with one attached hydrogen (secondary N) is 1. The molecule has 0 aliphatic carbocycles. The number of nitrogens with zero attached hydrogens (tertiary/aromatic N) is 1. The van der Waals surface area contributed by atoms with Crippen LogP contribution in [0.4, 0.5) is 0 Å². The van der Waals surface area contributed by atoms with Crippen molar-refractivity contribution in [2.24, 2.45) is 0 Å². The number of hydrogen-bond donors (Lipinski definition) is 1. The molecule has 112 valence electrons. The number of aromatic amines is 1. The number of likely N-dealkylation sites (tertiary alicyclic amines) is 1. The first-order valence-corrected chi connectivity index (χ1v) is 8.20. The molecule has 1 aliphatic rings. The number of halogens is 2. The maximum Gasteiger partial charge on any atom is 0.223 e. The standard InChI is InChI=1S/C16H18Cl2N2O/c17-6-3-16(21)20-7-4-11(5-8-20)15-10-12-9-13(18)1-2-14(12)19-15/h1-2,9-11,19H,3-8H2. The van der Waals surface area contributed by atoms with Crippen LogP contribution >= 0.6 is 23.2 Å². The average Bonchev–Trinajstić information content (AvgIpc) is 2.90. The van der Waals surface area contributed by atoms with Crippen LogP contribution in [0.5, 0.6) is 0 Å². The molecule has 0 atom stereocenters. The second-order valence-electron chi connectivity index (χ2n) is 5.55. The molecule has 3 rings (SSSR count). The molecule has 1 N–H and O–H groups in total. The van der Waals surface area contributed by atoms with Crippen LogP contribution in [0.25, 0.3) is 10.9 Å².